The third-order valence-corrected chi connectivity index (χ3v) is 10.2. The van der Waals surface area contributed by atoms with E-state index in [1.165, 1.54) is 38.5 Å². The first-order valence-corrected chi connectivity index (χ1v) is 24.4. The number of allylic oxidation sites excluding steroid dienone is 14. The monoisotopic (exact) mass is 831 g/mol. The number of phosphoric ester groups is 1. The molecule has 58 heavy (non-hydrogen) atoms. The van der Waals surface area contributed by atoms with E-state index in [2.05, 4.69) is 98.9 Å². The van der Waals surface area contributed by atoms with Crippen LogP contribution in [0.25, 0.3) is 0 Å². The van der Waals surface area contributed by atoms with Gasteiger partial charge in [0.15, 0.2) is 6.10 Å². The molecule has 0 aromatic heterocycles. The summed E-state index contributed by atoms with van der Waals surface area (Å²) in [7, 11) is -4.30. The maximum absolute atomic E-state index is 12.6. The number of unbranched alkanes of at least 4 members (excludes halogenated alkanes) is 15. The Labute approximate surface area is 355 Å². The summed E-state index contributed by atoms with van der Waals surface area (Å²) in [6.07, 6.45) is 56.3. The minimum absolute atomic E-state index is 0.00965. The summed E-state index contributed by atoms with van der Waals surface area (Å²) >= 11 is 0. The van der Waals surface area contributed by atoms with Crippen molar-refractivity contribution in [2.75, 3.05) is 19.8 Å². The molecule has 0 aromatic rings. The van der Waals surface area contributed by atoms with E-state index < -0.39 is 26.5 Å². The molecular formula is C49H83O8P. The van der Waals surface area contributed by atoms with Gasteiger partial charge in [-0.15, -0.1) is 0 Å². The normalized spacial score (nSPS) is 14.1. The van der Waals surface area contributed by atoms with Gasteiger partial charge >= 0.3 is 19.8 Å². The molecule has 0 rings (SSSR count). The van der Waals surface area contributed by atoms with E-state index in [1.807, 2.05) is 0 Å². The third-order valence-electron chi connectivity index (χ3n) is 9.19. The highest BCUT2D eigenvalue weighted by atomic mass is 31.2. The van der Waals surface area contributed by atoms with Gasteiger partial charge in [-0.25, -0.2) is 4.57 Å². The minimum atomic E-state index is -4.30. The van der Waals surface area contributed by atoms with Crippen LogP contribution in [0.5, 0.6) is 0 Å². The number of rotatable bonds is 41. The van der Waals surface area contributed by atoms with Gasteiger partial charge in [0.25, 0.3) is 0 Å². The Hall–Kier alpha value is -2.77. The first kappa shape index (κ1) is 55.2. The van der Waals surface area contributed by atoms with Gasteiger partial charge in [0.2, 0.25) is 0 Å². The molecule has 0 aliphatic carbocycles. The number of ether oxygens (including phenoxy) is 2. The fourth-order valence-electron chi connectivity index (χ4n) is 5.86. The molecule has 0 aliphatic rings. The zero-order valence-corrected chi connectivity index (χ0v) is 37.8. The van der Waals surface area contributed by atoms with Crippen molar-refractivity contribution in [3.05, 3.63) is 85.1 Å². The molecular weight excluding hydrogens is 748 g/mol. The molecule has 0 fully saturated rings. The van der Waals surface area contributed by atoms with Gasteiger partial charge in [0.1, 0.15) is 6.61 Å². The van der Waals surface area contributed by atoms with E-state index in [4.69, 9.17) is 18.5 Å². The third kappa shape index (κ3) is 42.8. The fraction of sp³-hybridized carbons (Fsp3) is 0.673. The number of phosphoric acid groups is 1. The SMILES string of the molecule is CC/C=C\C/C=C\C/C=C\C/C=C\CCCCCCCCC(=O)OC(COC(=O)CCCCCCCC/C=C\C/C=C\C/C=C\CCCCC)COP(=O)(O)OCC. The molecule has 0 radical (unpaired) electrons. The van der Waals surface area contributed by atoms with E-state index in [0.29, 0.717) is 6.42 Å². The topological polar surface area (TPSA) is 108 Å². The molecule has 2 unspecified atom stereocenters. The fourth-order valence-corrected chi connectivity index (χ4v) is 6.62. The van der Waals surface area contributed by atoms with Crippen LogP contribution in [0.1, 0.15) is 188 Å². The van der Waals surface area contributed by atoms with Crippen LogP contribution >= 0.6 is 7.82 Å². The highest BCUT2D eigenvalue weighted by Gasteiger charge is 2.25. The van der Waals surface area contributed by atoms with Gasteiger partial charge in [0, 0.05) is 12.8 Å². The summed E-state index contributed by atoms with van der Waals surface area (Å²) in [4.78, 5) is 34.8. The summed E-state index contributed by atoms with van der Waals surface area (Å²) in [6, 6.07) is 0. The molecule has 0 saturated heterocycles. The summed E-state index contributed by atoms with van der Waals surface area (Å²) in [5, 5.41) is 0. The Bertz CT molecular complexity index is 1210. The van der Waals surface area contributed by atoms with Crippen LogP contribution in [0.4, 0.5) is 0 Å². The van der Waals surface area contributed by atoms with Gasteiger partial charge in [-0.1, -0.05) is 163 Å². The van der Waals surface area contributed by atoms with Crippen molar-refractivity contribution in [1.29, 1.82) is 0 Å². The van der Waals surface area contributed by atoms with Crippen LogP contribution < -0.4 is 0 Å². The second-order valence-corrected chi connectivity index (χ2v) is 16.1. The van der Waals surface area contributed by atoms with E-state index in [1.54, 1.807) is 6.92 Å². The molecule has 0 aliphatic heterocycles. The van der Waals surface area contributed by atoms with Crippen LogP contribution in [-0.4, -0.2) is 42.8 Å². The maximum atomic E-state index is 12.6. The average molecular weight is 831 g/mol. The van der Waals surface area contributed by atoms with E-state index >= 15 is 0 Å². The Morgan fingerprint density at radius 1 is 0.483 bits per heavy atom. The van der Waals surface area contributed by atoms with Crippen molar-refractivity contribution in [2.24, 2.45) is 0 Å². The highest BCUT2D eigenvalue weighted by Crippen LogP contribution is 2.43. The zero-order valence-electron chi connectivity index (χ0n) is 36.9. The summed E-state index contributed by atoms with van der Waals surface area (Å²) < 4.78 is 32.7. The minimum Gasteiger partial charge on any atom is -0.462 e. The lowest BCUT2D eigenvalue weighted by Gasteiger charge is -2.19. The maximum Gasteiger partial charge on any atom is 0.472 e. The summed E-state index contributed by atoms with van der Waals surface area (Å²) in [5.74, 6) is -0.834. The van der Waals surface area contributed by atoms with Crippen molar-refractivity contribution < 1.29 is 37.6 Å². The van der Waals surface area contributed by atoms with Gasteiger partial charge in [-0.3, -0.25) is 18.6 Å². The Morgan fingerprint density at radius 2 is 0.879 bits per heavy atom. The Morgan fingerprint density at radius 3 is 1.33 bits per heavy atom. The van der Waals surface area contributed by atoms with Gasteiger partial charge < -0.3 is 14.4 Å². The number of hydrogen-bond donors (Lipinski definition) is 1. The van der Waals surface area contributed by atoms with Crippen molar-refractivity contribution >= 4 is 19.8 Å². The lowest BCUT2D eigenvalue weighted by molar-refractivity contribution is -0.161. The number of esters is 2. The van der Waals surface area contributed by atoms with E-state index in [0.717, 1.165) is 109 Å². The lowest BCUT2D eigenvalue weighted by atomic mass is 10.1. The first-order chi connectivity index (χ1) is 28.3. The van der Waals surface area contributed by atoms with E-state index in [9.17, 15) is 19.0 Å². The molecule has 332 valence electrons. The molecule has 0 bridgehead atoms. The Balaban J connectivity index is 4.13. The predicted octanol–water partition coefficient (Wildman–Crippen LogP) is 14.7. The highest BCUT2D eigenvalue weighted by molar-refractivity contribution is 7.47. The second kappa shape index (κ2) is 43.8. The second-order valence-electron chi connectivity index (χ2n) is 14.7. The molecule has 0 spiro atoms. The average Bonchev–Trinajstić information content (AvgIpc) is 3.20. The zero-order chi connectivity index (χ0) is 42.5. The molecule has 0 aromatic carbocycles. The number of carbonyl (C=O) groups excluding carboxylic acids is 2. The first-order valence-electron chi connectivity index (χ1n) is 22.9. The molecule has 2 atom stereocenters. The van der Waals surface area contributed by atoms with Gasteiger partial charge in [-0.05, 0) is 96.8 Å². The summed E-state index contributed by atoms with van der Waals surface area (Å²) in [5.41, 5.74) is 0. The van der Waals surface area contributed by atoms with Crippen molar-refractivity contribution in [2.45, 2.75) is 194 Å². The molecule has 9 heteroatoms. The largest absolute Gasteiger partial charge is 0.472 e. The smallest absolute Gasteiger partial charge is 0.462 e. The van der Waals surface area contributed by atoms with Crippen molar-refractivity contribution in [3.8, 4) is 0 Å². The van der Waals surface area contributed by atoms with Crippen LogP contribution in [0.3, 0.4) is 0 Å². The van der Waals surface area contributed by atoms with Crippen molar-refractivity contribution in [1.82, 2.24) is 0 Å². The van der Waals surface area contributed by atoms with Crippen LogP contribution in [0.2, 0.25) is 0 Å². The lowest BCUT2D eigenvalue weighted by Crippen LogP contribution is -2.29. The molecule has 0 heterocycles. The Kier molecular flexibility index (Phi) is 41.7. The van der Waals surface area contributed by atoms with Crippen molar-refractivity contribution in [3.63, 3.8) is 0 Å². The number of hydrogen-bond acceptors (Lipinski definition) is 7. The van der Waals surface area contributed by atoms with E-state index in [-0.39, 0.29) is 32.0 Å². The molecule has 8 nitrogen and oxygen atoms in total. The van der Waals surface area contributed by atoms with Crippen LogP contribution in [-0.2, 0) is 32.7 Å². The molecule has 1 N–H and O–H groups in total. The quantitative estimate of drug-likeness (QED) is 0.0281. The van der Waals surface area contributed by atoms with Crippen LogP contribution in [0.15, 0.2) is 85.1 Å². The predicted molar refractivity (Wildman–Crippen MR) is 244 cm³/mol. The standard InChI is InChI=1S/C49H83O8P/c1-4-7-9-11-13-15-17-19-21-23-25-27-29-31-33-35-37-39-41-43-48(50)54-45-47(46-56-58(52,53)55-6-3)57-49(51)44-42-40-38-36-34-32-30-28-26-24-22-20-18-16-14-12-10-8-5-2/h8,10,13-16,19-22,25-28,47H,4-7,9,11-12,17-18,23-24,29-46H2,1-3H3,(H,52,53)/b10-8-,15-13-,16-14-,21-19-,22-20-,27-25-,28-26-. The van der Waals surface area contributed by atoms with Gasteiger partial charge in [-0.2, -0.15) is 0 Å². The van der Waals surface area contributed by atoms with Gasteiger partial charge in [0.05, 0.1) is 13.2 Å². The molecule has 0 amide bonds. The number of carbonyl (C=O) groups is 2. The molecule has 0 saturated carbocycles. The summed E-state index contributed by atoms with van der Waals surface area (Å²) in [6.45, 7) is 5.30. The van der Waals surface area contributed by atoms with Crippen LogP contribution in [0, 0.1) is 0 Å².